The smallest absolute Gasteiger partial charge is 0.211 e. The Morgan fingerprint density at radius 1 is 1.20 bits per heavy atom. The van der Waals surface area contributed by atoms with Gasteiger partial charge in [0.15, 0.2) is 0 Å². The SMILES string of the molecule is CC(NS(=O)(=O)CCC1CCNCC1)C1CCOCC1. The number of ether oxygens (including phenoxy) is 1. The summed E-state index contributed by atoms with van der Waals surface area (Å²) < 4.78 is 32.5. The fourth-order valence-corrected chi connectivity index (χ4v) is 4.67. The number of nitrogens with one attached hydrogen (secondary N) is 2. The molecule has 2 rings (SSSR count). The molecule has 2 N–H and O–H groups in total. The molecule has 2 aliphatic heterocycles. The van der Waals surface area contributed by atoms with Gasteiger partial charge in [-0.3, -0.25) is 0 Å². The van der Waals surface area contributed by atoms with Crippen molar-refractivity contribution in [3.8, 4) is 0 Å². The van der Waals surface area contributed by atoms with Crippen LogP contribution >= 0.6 is 0 Å². The zero-order chi connectivity index (χ0) is 14.4. The highest BCUT2D eigenvalue weighted by Crippen LogP contribution is 2.20. The number of sulfonamides is 1. The second-order valence-corrected chi connectivity index (χ2v) is 8.03. The summed E-state index contributed by atoms with van der Waals surface area (Å²) in [6.07, 6.45) is 4.91. The Balaban J connectivity index is 1.74. The summed E-state index contributed by atoms with van der Waals surface area (Å²) in [7, 11) is -3.14. The van der Waals surface area contributed by atoms with E-state index in [9.17, 15) is 8.42 Å². The summed E-state index contributed by atoms with van der Waals surface area (Å²) in [6, 6.07) is 0.0249. The van der Waals surface area contributed by atoms with Gasteiger partial charge in [0, 0.05) is 19.3 Å². The van der Waals surface area contributed by atoms with Crippen molar-refractivity contribution >= 4 is 10.0 Å². The van der Waals surface area contributed by atoms with E-state index in [1.54, 1.807) is 0 Å². The Bertz CT molecular complexity index is 374. The van der Waals surface area contributed by atoms with Crippen molar-refractivity contribution in [2.45, 2.75) is 45.1 Å². The predicted octanol–water partition coefficient (Wildman–Crippen LogP) is 1.11. The molecule has 6 heteroatoms. The second-order valence-electron chi connectivity index (χ2n) is 6.16. The molecule has 118 valence electrons. The van der Waals surface area contributed by atoms with Crippen LogP contribution in [0.25, 0.3) is 0 Å². The first-order valence-electron chi connectivity index (χ1n) is 7.85. The van der Waals surface area contributed by atoms with E-state index in [2.05, 4.69) is 10.0 Å². The lowest BCUT2D eigenvalue weighted by molar-refractivity contribution is 0.0585. The first-order chi connectivity index (χ1) is 9.57. The summed E-state index contributed by atoms with van der Waals surface area (Å²) >= 11 is 0. The van der Waals surface area contributed by atoms with Gasteiger partial charge < -0.3 is 10.1 Å². The molecule has 2 fully saturated rings. The molecule has 1 unspecified atom stereocenters. The molecule has 0 bridgehead atoms. The van der Waals surface area contributed by atoms with Gasteiger partial charge in [-0.15, -0.1) is 0 Å². The van der Waals surface area contributed by atoms with Crippen molar-refractivity contribution in [1.82, 2.24) is 10.0 Å². The van der Waals surface area contributed by atoms with E-state index in [4.69, 9.17) is 4.74 Å². The van der Waals surface area contributed by atoms with E-state index in [1.165, 1.54) is 0 Å². The average molecular weight is 304 g/mol. The quantitative estimate of drug-likeness (QED) is 0.771. The van der Waals surface area contributed by atoms with E-state index in [1.807, 2.05) is 6.92 Å². The van der Waals surface area contributed by atoms with E-state index in [0.29, 0.717) is 11.8 Å². The van der Waals surface area contributed by atoms with E-state index in [0.717, 1.165) is 58.4 Å². The van der Waals surface area contributed by atoms with Crippen LogP contribution in [0.5, 0.6) is 0 Å². The largest absolute Gasteiger partial charge is 0.381 e. The van der Waals surface area contributed by atoms with Gasteiger partial charge in [0.05, 0.1) is 5.75 Å². The first kappa shape index (κ1) is 16.2. The van der Waals surface area contributed by atoms with E-state index < -0.39 is 10.0 Å². The molecule has 0 amide bonds. The summed E-state index contributed by atoms with van der Waals surface area (Å²) in [5.41, 5.74) is 0. The van der Waals surface area contributed by atoms with E-state index >= 15 is 0 Å². The Morgan fingerprint density at radius 2 is 1.85 bits per heavy atom. The maximum absolute atomic E-state index is 12.2. The van der Waals surface area contributed by atoms with Gasteiger partial charge in [-0.05, 0) is 64.0 Å². The molecule has 5 nitrogen and oxygen atoms in total. The second kappa shape index (κ2) is 7.73. The van der Waals surface area contributed by atoms with Gasteiger partial charge in [0.25, 0.3) is 0 Å². The molecule has 0 aromatic rings. The Hall–Kier alpha value is -0.170. The minimum atomic E-state index is -3.14. The number of piperidine rings is 1. The lowest BCUT2D eigenvalue weighted by atomic mass is 9.94. The zero-order valence-corrected chi connectivity index (χ0v) is 13.3. The van der Waals surface area contributed by atoms with Crippen molar-refractivity contribution in [3.05, 3.63) is 0 Å². The maximum atomic E-state index is 12.2. The molecular formula is C14H28N2O3S. The molecular weight excluding hydrogens is 276 g/mol. The molecule has 2 aliphatic rings. The van der Waals surface area contributed by atoms with Crippen LogP contribution in [0.4, 0.5) is 0 Å². The topological polar surface area (TPSA) is 67.4 Å². The Morgan fingerprint density at radius 3 is 2.50 bits per heavy atom. The molecule has 0 spiro atoms. The standard InChI is InChI=1S/C14H28N2O3S/c1-12(14-4-9-19-10-5-14)16-20(17,18)11-6-13-2-7-15-8-3-13/h12-16H,2-11H2,1H3. The summed E-state index contributed by atoms with van der Waals surface area (Å²) in [5.74, 6) is 1.24. The normalized spacial score (nSPS) is 24.6. The highest BCUT2D eigenvalue weighted by molar-refractivity contribution is 7.89. The van der Waals surface area contributed by atoms with Crippen LogP contribution in [-0.4, -0.2) is 46.5 Å². The number of rotatable bonds is 6. The summed E-state index contributed by atoms with van der Waals surface area (Å²) in [5, 5.41) is 3.31. The van der Waals surface area contributed by atoms with Crippen molar-refractivity contribution in [1.29, 1.82) is 0 Å². The molecule has 0 radical (unpaired) electrons. The highest BCUT2D eigenvalue weighted by Gasteiger charge is 2.25. The third-order valence-electron chi connectivity index (χ3n) is 4.59. The molecule has 1 atom stereocenters. The van der Waals surface area contributed by atoms with Crippen molar-refractivity contribution < 1.29 is 13.2 Å². The predicted molar refractivity (Wildman–Crippen MR) is 80.1 cm³/mol. The van der Waals surface area contributed by atoms with Crippen LogP contribution in [-0.2, 0) is 14.8 Å². The van der Waals surface area contributed by atoms with Gasteiger partial charge in [0.1, 0.15) is 0 Å². The summed E-state index contributed by atoms with van der Waals surface area (Å²) in [6.45, 7) is 5.54. The first-order valence-corrected chi connectivity index (χ1v) is 9.50. The Kier molecular flexibility index (Phi) is 6.26. The zero-order valence-electron chi connectivity index (χ0n) is 12.4. The number of hydrogen-bond donors (Lipinski definition) is 2. The van der Waals surface area contributed by atoms with Crippen LogP contribution in [0.15, 0.2) is 0 Å². The fraction of sp³-hybridized carbons (Fsp3) is 1.00. The van der Waals surface area contributed by atoms with Crippen LogP contribution in [0.1, 0.15) is 39.0 Å². The highest BCUT2D eigenvalue weighted by atomic mass is 32.2. The van der Waals surface area contributed by atoms with Crippen LogP contribution in [0.2, 0.25) is 0 Å². The summed E-state index contributed by atoms with van der Waals surface area (Å²) in [4.78, 5) is 0. The third kappa shape index (κ3) is 5.31. The molecule has 0 aliphatic carbocycles. The molecule has 0 aromatic carbocycles. The molecule has 20 heavy (non-hydrogen) atoms. The monoisotopic (exact) mass is 304 g/mol. The van der Waals surface area contributed by atoms with Gasteiger partial charge in [-0.1, -0.05) is 0 Å². The van der Waals surface area contributed by atoms with Gasteiger partial charge in [-0.25, -0.2) is 13.1 Å². The van der Waals surface area contributed by atoms with Gasteiger partial charge in [-0.2, -0.15) is 0 Å². The van der Waals surface area contributed by atoms with Crippen molar-refractivity contribution in [2.75, 3.05) is 32.1 Å². The van der Waals surface area contributed by atoms with Crippen LogP contribution in [0.3, 0.4) is 0 Å². The molecule has 2 saturated heterocycles. The minimum Gasteiger partial charge on any atom is -0.381 e. The van der Waals surface area contributed by atoms with E-state index in [-0.39, 0.29) is 11.8 Å². The van der Waals surface area contributed by atoms with Crippen molar-refractivity contribution in [3.63, 3.8) is 0 Å². The van der Waals surface area contributed by atoms with Crippen LogP contribution < -0.4 is 10.0 Å². The lowest BCUT2D eigenvalue weighted by Crippen LogP contribution is -2.41. The fourth-order valence-electron chi connectivity index (χ4n) is 3.15. The molecule has 0 aromatic heterocycles. The maximum Gasteiger partial charge on any atom is 0.211 e. The van der Waals surface area contributed by atoms with Gasteiger partial charge in [0.2, 0.25) is 10.0 Å². The molecule has 2 heterocycles. The van der Waals surface area contributed by atoms with Crippen molar-refractivity contribution in [2.24, 2.45) is 11.8 Å². The Labute approximate surface area is 122 Å². The lowest BCUT2D eigenvalue weighted by Gasteiger charge is -2.28. The third-order valence-corrected chi connectivity index (χ3v) is 6.10. The number of hydrogen-bond acceptors (Lipinski definition) is 4. The van der Waals surface area contributed by atoms with Crippen LogP contribution in [0, 0.1) is 11.8 Å². The minimum absolute atomic E-state index is 0.0249. The molecule has 0 saturated carbocycles. The average Bonchev–Trinajstić information content (AvgIpc) is 2.47. The van der Waals surface area contributed by atoms with Gasteiger partial charge >= 0.3 is 0 Å².